The lowest BCUT2D eigenvalue weighted by Crippen LogP contribution is -2.46. The summed E-state index contributed by atoms with van der Waals surface area (Å²) < 4.78 is 4.73. The van der Waals surface area contributed by atoms with Crippen LogP contribution in [-0.2, 0) is 9.53 Å². The number of hydrogen-bond acceptors (Lipinski definition) is 4. The molecule has 2 N–H and O–H groups in total. The highest BCUT2D eigenvalue weighted by Crippen LogP contribution is 2.27. The van der Waals surface area contributed by atoms with Gasteiger partial charge in [0.1, 0.15) is 5.54 Å². The van der Waals surface area contributed by atoms with E-state index in [1.807, 2.05) is 0 Å². The van der Waals surface area contributed by atoms with Gasteiger partial charge in [0.25, 0.3) is 0 Å². The number of ether oxygens (including phenoxy) is 1. The van der Waals surface area contributed by atoms with Crippen LogP contribution in [0.3, 0.4) is 0 Å². The summed E-state index contributed by atoms with van der Waals surface area (Å²) in [5.74, 6) is 0.463. The first-order chi connectivity index (χ1) is 8.88. The fourth-order valence-electron chi connectivity index (χ4n) is 3.15. The Hall–Kier alpha value is -0.610. The normalized spacial score (nSPS) is 27.1. The quantitative estimate of drug-likeness (QED) is 0.752. The zero-order chi connectivity index (χ0) is 14.5. The summed E-state index contributed by atoms with van der Waals surface area (Å²) >= 11 is 0. The van der Waals surface area contributed by atoms with E-state index in [0.29, 0.717) is 12.5 Å². The zero-order valence-electron chi connectivity index (χ0n) is 12.9. The van der Waals surface area contributed by atoms with Crippen molar-refractivity contribution in [1.29, 1.82) is 0 Å². The molecular formula is C15H30N2O2. The Balaban J connectivity index is 2.34. The summed E-state index contributed by atoms with van der Waals surface area (Å²) in [4.78, 5) is 13.9. The van der Waals surface area contributed by atoms with Gasteiger partial charge in [0.05, 0.1) is 7.11 Å². The highest BCUT2D eigenvalue weighted by atomic mass is 16.5. The summed E-state index contributed by atoms with van der Waals surface area (Å²) in [7, 11) is 3.59. The van der Waals surface area contributed by atoms with E-state index in [2.05, 4.69) is 18.9 Å². The van der Waals surface area contributed by atoms with E-state index in [9.17, 15) is 4.79 Å². The topological polar surface area (TPSA) is 55.6 Å². The van der Waals surface area contributed by atoms with Crippen LogP contribution in [0, 0.1) is 5.92 Å². The predicted molar refractivity (Wildman–Crippen MR) is 77.9 cm³/mol. The number of methoxy groups -OCH3 is 1. The summed E-state index contributed by atoms with van der Waals surface area (Å²) in [5, 5.41) is 0. The van der Waals surface area contributed by atoms with Gasteiger partial charge in [-0.25, -0.2) is 0 Å². The summed E-state index contributed by atoms with van der Waals surface area (Å²) in [6.45, 7) is 5.10. The summed E-state index contributed by atoms with van der Waals surface area (Å²) in [5.41, 5.74) is 5.12. The molecule has 112 valence electrons. The van der Waals surface area contributed by atoms with E-state index in [1.54, 1.807) is 6.92 Å². The third kappa shape index (κ3) is 4.77. The standard InChI is InChI=1S/C15H30N2O2/c1-12-8-5-6-9-13(12)17(3)11-7-10-15(2,16)14(18)19-4/h12-13H,5-11,16H2,1-4H3. The molecule has 0 aliphatic heterocycles. The SMILES string of the molecule is COC(=O)C(C)(N)CCCN(C)C1CCCCC1C. The van der Waals surface area contributed by atoms with Crippen molar-refractivity contribution in [3.63, 3.8) is 0 Å². The lowest BCUT2D eigenvalue weighted by molar-refractivity contribution is -0.146. The van der Waals surface area contributed by atoms with E-state index < -0.39 is 5.54 Å². The molecule has 0 aromatic heterocycles. The van der Waals surface area contributed by atoms with Crippen LogP contribution in [0.1, 0.15) is 52.4 Å². The molecular weight excluding hydrogens is 240 g/mol. The first kappa shape index (κ1) is 16.4. The first-order valence-corrected chi connectivity index (χ1v) is 7.46. The molecule has 1 rings (SSSR count). The minimum Gasteiger partial charge on any atom is -0.468 e. The molecule has 3 unspecified atom stereocenters. The van der Waals surface area contributed by atoms with Crippen molar-refractivity contribution >= 4 is 5.97 Å². The van der Waals surface area contributed by atoms with Crippen molar-refractivity contribution in [2.24, 2.45) is 11.7 Å². The van der Waals surface area contributed by atoms with E-state index in [4.69, 9.17) is 10.5 Å². The van der Waals surface area contributed by atoms with Gasteiger partial charge in [-0.2, -0.15) is 0 Å². The number of hydrogen-bond donors (Lipinski definition) is 1. The molecule has 0 aromatic rings. The van der Waals surface area contributed by atoms with E-state index in [0.717, 1.165) is 18.9 Å². The van der Waals surface area contributed by atoms with Crippen molar-refractivity contribution in [2.45, 2.75) is 64.0 Å². The second-order valence-electron chi connectivity index (χ2n) is 6.32. The Bertz CT molecular complexity index is 292. The Morgan fingerprint density at radius 1 is 1.42 bits per heavy atom. The zero-order valence-corrected chi connectivity index (χ0v) is 12.9. The van der Waals surface area contributed by atoms with Crippen LogP contribution < -0.4 is 5.73 Å². The maximum atomic E-state index is 11.5. The molecule has 1 fully saturated rings. The Morgan fingerprint density at radius 3 is 2.63 bits per heavy atom. The number of carbonyl (C=O) groups is 1. The van der Waals surface area contributed by atoms with Crippen molar-refractivity contribution < 1.29 is 9.53 Å². The summed E-state index contributed by atoms with van der Waals surface area (Å²) in [6, 6.07) is 0.691. The number of nitrogens with two attached hydrogens (primary N) is 1. The Morgan fingerprint density at radius 2 is 2.05 bits per heavy atom. The van der Waals surface area contributed by atoms with Gasteiger partial charge in [-0.3, -0.25) is 4.79 Å². The predicted octanol–water partition coefficient (Wildman–Crippen LogP) is 2.17. The number of rotatable bonds is 6. The molecule has 0 aromatic carbocycles. The lowest BCUT2D eigenvalue weighted by atomic mass is 9.85. The molecule has 0 bridgehead atoms. The molecule has 4 nitrogen and oxygen atoms in total. The fraction of sp³-hybridized carbons (Fsp3) is 0.933. The maximum Gasteiger partial charge on any atom is 0.325 e. The van der Waals surface area contributed by atoms with Gasteiger partial charge in [0.2, 0.25) is 0 Å². The van der Waals surface area contributed by atoms with Gasteiger partial charge in [0.15, 0.2) is 0 Å². The average Bonchev–Trinajstić information content (AvgIpc) is 2.37. The third-order valence-corrected chi connectivity index (χ3v) is 4.49. The Kier molecular flexibility index (Phi) is 6.27. The molecule has 0 saturated heterocycles. The molecule has 1 aliphatic rings. The number of esters is 1. The molecule has 19 heavy (non-hydrogen) atoms. The molecule has 1 aliphatic carbocycles. The minimum absolute atomic E-state index is 0.318. The average molecular weight is 270 g/mol. The van der Waals surface area contributed by atoms with Crippen LogP contribution in [0.25, 0.3) is 0 Å². The molecule has 1 saturated carbocycles. The molecule has 0 radical (unpaired) electrons. The summed E-state index contributed by atoms with van der Waals surface area (Å²) in [6.07, 6.45) is 6.96. The van der Waals surface area contributed by atoms with Crippen molar-refractivity contribution in [3.05, 3.63) is 0 Å². The van der Waals surface area contributed by atoms with E-state index in [-0.39, 0.29) is 5.97 Å². The van der Waals surface area contributed by atoms with Gasteiger partial charge >= 0.3 is 5.97 Å². The van der Waals surface area contributed by atoms with Gasteiger partial charge in [-0.15, -0.1) is 0 Å². The first-order valence-electron chi connectivity index (χ1n) is 7.46. The van der Waals surface area contributed by atoms with Crippen LogP contribution in [0.4, 0.5) is 0 Å². The van der Waals surface area contributed by atoms with Crippen LogP contribution in [-0.4, -0.2) is 43.2 Å². The van der Waals surface area contributed by atoms with Crippen molar-refractivity contribution in [1.82, 2.24) is 4.90 Å². The van der Waals surface area contributed by atoms with Gasteiger partial charge in [0, 0.05) is 6.04 Å². The molecule has 0 amide bonds. The smallest absolute Gasteiger partial charge is 0.325 e. The van der Waals surface area contributed by atoms with Crippen molar-refractivity contribution in [3.8, 4) is 0 Å². The second kappa shape index (κ2) is 7.25. The second-order valence-corrected chi connectivity index (χ2v) is 6.32. The van der Waals surface area contributed by atoms with E-state index in [1.165, 1.54) is 32.8 Å². The van der Waals surface area contributed by atoms with Crippen LogP contribution in [0.15, 0.2) is 0 Å². The maximum absolute atomic E-state index is 11.5. The van der Waals surface area contributed by atoms with E-state index >= 15 is 0 Å². The minimum atomic E-state index is -0.853. The number of nitrogens with zero attached hydrogens (tertiary/aromatic N) is 1. The largest absolute Gasteiger partial charge is 0.468 e. The number of carbonyl (C=O) groups excluding carboxylic acids is 1. The van der Waals surface area contributed by atoms with Gasteiger partial charge < -0.3 is 15.4 Å². The van der Waals surface area contributed by atoms with Crippen LogP contribution in [0.5, 0.6) is 0 Å². The van der Waals surface area contributed by atoms with Crippen LogP contribution >= 0.6 is 0 Å². The van der Waals surface area contributed by atoms with Gasteiger partial charge in [-0.1, -0.05) is 19.8 Å². The third-order valence-electron chi connectivity index (χ3n) is 4.49. The van der Waals surface area contributed by atoms with Crippen molar-refractivity contribution in [2.75, 3.05) is 20.7 Å². The Labute approximate surface area is 117 Å². The monoisotopic (exact) mass is 270 g/mol. The fourth-order valence-corrected chi connectivity index (χ4v) is 3.15. The molecule has 0 heterocycles. The molecule has 0 spiro atoms. The molecule has 4 heteroatoms. The van der Waals surface area contributed by atoms with Gasteiger partial charge in [-0.05, 0) is 52.1 Å². The highest BCUT2D eigenvalue weighted by molar-refractivity contribution is 5.79. The van der Waals surface area contributed by atoms with Crippen LogP contribution in [0.2, 0.25) is 0 Å². The highest BCUT2D eigenvalue weighted by Gasteiger charge is 2.30. The lowest BCUT2D eigenvalue weighted by Gasteiger charge is -2.36. The molecule has 3 atom stereocenters.